The van der Waals surface area contributed by atoms with Crippen molar-refractivity contribution in [3.63, 3.8) is 0 Å². The number of fused-ring (bicyclic) bond motifs is 3. The Bertz CT molecular complexity index is 938. The van der Waals surface area contributed by atoms with Crippen molar-refractivity contribution in [3.8, 4) is 0 Å². The lowest BCUT2D eigenvalue weighted by Crippen LogP contribution is -2.33. The Morgan fingerprint density at radius 3 is 2.46 bits per heavy atom. The van der Waals surface area contributed by atoms with Crippen LogP contribution in [0.5, 0.6) is 0 Å². The highest BCUT2D eigenvalue weighted by molar-refractivity contribution is 6.07. The van der Waals surface area contributed by atoms with Crippen molar-refractivity contribution >= 4 is 22.2 Å². The summed E-state index contributed by atoms with van der Waals surface area (Å²) in [5.41, 5.74) is 4.64. The topological polar surface area (TPSA) is 3.01 Å². The first-order valence-electron chi connectivity index (χ1n) is 11.5. The Kier molecular flexibility index (Phi) is 4.65. The van der Waals surface area contributed by atoms with Crippen LogP contribution in [0.3, 0.4) is 0 Å². The smallest absolute Gasteiger partial charge is 0.198 e. The summed E-state index contributed by atoms with van der Waals surface area (Å²) < 4.78 is 2.50. The van der Waals surface area contributed by atoms with Gasteiger partial charge >= 0.3 is 0 Å². The zero-order chi connectivity index (χ0) is 19.1. The van der Waals surface area contributed by atoms with Crippen LogP contribution in [0.25, 0.3) is 10.8 Å². The third-order valence-corrected chi connectivity index (χ3v) is 7.84. The molecule has 0 radical (unpaired) electrons. The molecule has 28 heavy (non-hydrogen) atoms. The summed E-state index contributed by atoms with van der Waals surface area (Å²) in [6.07, 6.45) is 17.6. The van der Waals surface area contributed by atoms with Gasteiger partial charge in [-0.05, 0) is 54.9 Å². The quantitative estimate of drug-likeness (QED) is 0.501. The van der Waals surface area contributed by atoms with E-state index in [1.54, 1.807) is 5.56 Å². The maximum absolute atomic E-state index is 2.54. The molecule has 1 heteroatoms. The Balaban J connectivity index is 1.63. The van der Waals surface area contributed by atoms with E-state index < -0.39 is 0 Å². The van der Waals surface area contributed by atoms with Crippen molar-refractivity contribution in [3.05, 3.63) is 54.1 Å². The molecule has 0 spiro atoms. The lowest BCUT2D eigenvalue weighted by Gasteiger charge is -2.27. The molecule has 0 bridgehead atoms. The van der Waals surface area contributed by atoms with Gasteiger partial charge in [0, 0.05) is 17.7 Å². The predicted molar refractivity (Wildman–Crippen MR) is 120 cm³/mol. The Morgan fingerprint density at radius 1 is 0.964 bits per heavy atom. The van der Waals surface area contributed by atoms with Crippen molar-refractivity contribution in [2.75, 3.05) is 7.05 Å². The number of hydrogen-bond donors (Lipinski definition) is 0. The van der Waals surface area contributed by atoms with E-state index in [9.17, 15) is 0 Å². The Labute approximate surface area is 170 Å². The third-order valence-electron chi connectivity index (χ3n) is 7.84. The first-order valence-corrected chi connectivity index (χ1v) is 11.5. The molecule has 0 amide bonds. The molecule has 2 saturated carbocycles. The molecule has 5 rings (SSSR count). The summed E-state index contributed by atoms with van der Waals surface area (Å²) in [5.74, 6) is 1.66. The number of rotatable bonds is 4. The van der Waals surface area contributed by atoms with Gasteiger partial charge in [-0.3, -0.25) is 0 Å². The molecule has 0 N–H and O–H groups in total. The molecule has 146 valence electrons. The number of benzene rings is 2. The zero-order valence-electron chi connectivity index (χ0n) is 17.6. The van der Waals surface area contributed by atoms with Crippen molar-refractivity contribution in [2.24, 2.45) is 11.8 Å². The average Bonchev–Trinajstić information content (AvgIpc) is 3.44. The molecule has 3 aliphatic rings. The van der Waals surface area contributed by atoms with Crippen LogP contribution in [-0.2, 0) is 5.41 Å². The van der Waals surface area contributed by atoms with E-state index in [2.05, 4.69) is 67.1 Å². The van der Waals surface area contributed by atoms with Crippen LogP contribution < -0.4 is 0 Å². The fraction of sp³-hybridized carbons (Fsp3) is 0.519. The molecule has 0 aromatic heterocycles. The SMILES string of the molecule is C[N+]1=C(C=CC2CCCC2)C(C)(CC2CCCC2)c2c1ccc1ccccc21. The lowest BCUT2D eigenvalue weighted by molar-refractivity contribution is -0.401. The zero-order valence-corrected chi connectivity index (χ0v) is 17.6. The largest absolute Gasteiger partial charge is 0.210 e. The van der Waals surface area contributed by atoms with Gasteiger partial charge in [-0.1, -0.05) is 68.9 Å². The molecule has 1 nitrogen and oxygen atoms in total. The van der Waals surface area contributed by atoms with Crippen molar-refractivity contribution in [1.29, 1.82) is 0 Å². The maximum Gasteiger partial charge on any atom is 0.210 e. The van der Waals surface area contributed by atoms with E-state index in [0.29, 0.717) is 0 Å². The minimum atomic E-state index is 0.120. The molecule has 0 saturated heterocycles. The van der Waals surface area contributed by atoms with Crippen LogP contribution >= 0.6 is 0 Å². The van der Waals surface area contributed by atoms with E-state index >= 15 is 0 Å². The summed E-state index contributed by atoms with van der Waals surface area (Å²) in [5, 5.41) is 2.84. The molecule has 1 atom stereocenters. The molecule has 2 aliphatic carbocycles. The second-order valence-electron chi connectivity index (χ2n) is 9.72. The highest BCUT2D eigenvalue weighted by Crippen LogP contribution is 2.49. The fourth-order valence-electron chi connectivity index (χ4n) is 6.42. The molecular weight excluding hydrogens is 338 g/mol. The van der Waals surface area contributed by atoms with Gasteiger partial charge in [0.1, 0.15) is 7.05 Å². The molecular formula is C27H34N+. The molecule has 2 aromatic rings. The standard InChI is InChI=1S/C27H34N/c1-27(19-21-11-5-6-12-21)25(18-15-20-9-3-4-10-20)28(2)24-17-16-22-13-7-8-14-23(22)26(24)27/h7-8,13-18,20-21H,3-6,9-12,19H2,1-2H3/q+1. The second-order valence-corrected chi connectivity index (χ2v) is 9.72. The first-order chi connectivity index (χ1) is 13.7. The van der Waals surface area contributed by atoms with Crippen molar-refractivity contribution in [1.82, 2.24) is 0 Å². The van der Waals surface area contributed by atoms with E-state index in [0.717, 1.165) is 11.8 Å². The third kappa shape index (κ3) is 2.95. The van der Waals surface area contributed by atoms with Gasteiger partial charge in [-0.2, -0.15) is 4.58 Å². The van der Waals surface area contributed by atoms with E-state index in [1.165, 1.54) is 80.0 Å². The van der Waals surface area contributed by atoms with Gasteiger partial charge in [-0.25, -0.2) is 0 Å². The van der Waals surface area contributed by atoms with Gasteiger partial charge in [-0.15, -0.1) is 0 Å². The summed E-state index contributed by atoms with van der Waals surface area (Å²) in [6.45, 7) is 2.54. The monoisotopic (exact) mass is 372 g/mol. The van der Waals surface area contributed by atoms with E-state index in [1.807, 2.05) is 0 Å². The predicted octanol–water partition coefficient (Wildman–Crippen LogP) is 7.15. The maximum atomic E-state index is 2.54. The van der Waals surface area contributed by atoms with Crippen LogP contribution in [0.4, 0.5) is 5.69 Å². The van der Waals surface area contributed by atoms with Gasteiger partial charge < -0.3 is 0 Å². The molecule has 1 unspecified atom stereocenters. The first kappa shape index (κ1) is 18.2. The van der Waals surface area contributed by atoms with Gasteiger partial charge in [0.05, 0.1) is 5.41 Å². The van der Waals surface area contributed by atoms with Crippen molar-refractivity contribution in [2.45, 2.75) is 70.1 Å². The molecule has 1 aliphatic heterocycles. The number of nitrogens with zero attached hydrogens (tertiary/aromatic N) is 1. The average molecular weight is 373 g/mol. The van der Waals surface area contributed by atoms with Crippen LogP contribution in [-0.4, -0.2) is 17.3 Å². The molecule has 2 fully saturated rings. The summed E-state index contributed by atoms with van der Waals surface area (Å²) in [6, 6.07) is 13.7. The van der Waals surface area contributed by atoms with E-state index in [4.69, 9.17) is 0 Å². The highest BCUT2D eigenvalue weighted by atomic mass is 15.0. The van der Waals surface area contributed by atoms with Crippen LogP contribution in [0.1, 0.15) is 70.3 Å². The highest BCUT2D eigenvalue weighted by Gasteiger charge is 2.48. The fourth-order valence-corrected chi connectivity index (χ4v) is 6.42. The lowest BCUT2D eigenvalue weighted by atomic mass is 9.71. The number of allylic oxidation sites excluding steroid dienone is 2. The Morgan fingerprint density at radius 2 is 1.68 bits per heavy atom. The normalized spacial score (nSPS) is 26.2. The van der Waals surface area contributed by atoms with E-state index in [-0.39, 0.29) is 5.41 Å². The summed E-state index contributed by atoms with van der Waals surface area (Å²) in [7, 11) is 2.29. The van der Waals surface area contributed by atoms with Crippen LogP contribution in [0.15, 0.2) is 48.6 Å². The van der Waals surface area contributed by atoms with Gasteiger partial charge in [0.25, 0.3) is 0 Å². The molecule has 1 heterocycles. The van der Waals surface area contributed by atoms with Gasteiger partial charge in [0.2, 0.25) is 5.69 Å². The van der Waals surface area contributed by atoms with Crippen molar-refractivity contribution < 1.29 is 4.58 Å². The molecule has 2 aromatic carbocycles. The minimum absolute atomic E-state index is 0.120. The summed E-state index contributed by atoms with van der Waals surface area (Å²) >= 11 is 0. The van der Waals surface area contributed by atoms with Gasteiger partial charge in [0.15, 0.2) is 5.71 Å². The minimum Gasteiger partial charge on any atom is -0.198 e. The van der Waals surface area contributed by atoms with Crippen LogP contribution in [0, 0.1) is 11.8 Å². The Hall–Kier alpha value is -1.89. The van der Waals surface area contributed by atoms with Crippen LogP contribution in [0.2, 0.25) is 0 Å². The number of hydrogen-bond acceptors (Lipinski definition) is 0. The summed E-state index contributed by atoms with van der Waals surface area (Å²) in [4.78, 5) is 0. The second kappa shape index (κ2) is 7.17.